The fourth-order valence-corrected chi connectivity index (χ4v) is 2.62. The highest BCUT2D eigenvalue weighted by Gasteiger charge is 2.19. The number of aryl methyl sites for hydroxylation is 1. The van der Waals surface area contributed by atoms with Crippen LogP contribution in [-0.4, -0.2) is 23.3 Å². The Balaban J connectivity index is 2.25. The summed E-state index contributed by atoms with van der Waals surface area (Å²) in [5.41, 5.74) is 0.770. The first-order valence-corrected chi connectivity index (χ1v) is 7.10. The van der Waals surface area contributed by atoms with Crippen molar-refractivity contribution in [2.24, 2.45) is 0 Å². The first-order valence-electron chi connectivity index (χ1n) is 5.62. The van der Waals surface area contributed by atoms with E-state index in [4.69, 9.17) is 0 Å². The molecule has 0 unspecified atom stereocenters. The van der Waals surface area contributed by atoms with Crippen molar-refractivity contribution in [1.29, 1.82) is 0 Å². The van der Waals surface area contributed by atoms with Gasteiger partial charge in [0.15, 0.2) is 0 Å². The minimum atomic E-state index is -3.81. The highest BCUT2D eigenvalue weighted by molar-refractivity contribution is 7.89. The number of nitrogens with one attached hydrogen (secondary N) is 2. The van der Waals surface area contributed by atoms with Gasteiger partial charge in [-0.15, -0.1) is 0 Å². The number of aromatic amines is 1. The van der Waals surface area contributed by atoms with Crippen LogP contribution in [0.3, 0.4) is 0 Å². The Labute approximate surface area is 115 Å². The molecule has 2 N–H and O–H groups in total. The average molecular weight is 296 g/mol. The van der Waals surface area contributed by atoms with Crippen molar-refractivity contribution in [2.75, 3.05) is 0 Å². The molecule has 1 heterocycles. The summed E-state index contributed by atoms with van der Waals surface area (Å²) in [6, 6.07) is 3.78. The first kappa shape index (κ1) is 14.2. The van der Waals surface area contributed by atoms with Crippen LogP contribution in [0.15, 0.2) is 35.6 Å². The zero-order valence-electron chi connectivity index (χ0n) is 10.5. The van der Waals surface area contributed by atoms with Gasteiger partial charge in [-0.2, -0.15) is 0 Å². The Morgan fingerprint density at radius 3 is 2.80 bits per heavy atom. The Morgan fingerprint density at radius 1 is 1.45 bits per heavy atom. The van der Waals surface area contributed by atoms with Gasteiger partial charge in [0.25, 0.3) is 5.69 Å². The molecule has 8 nitrogen and oxygen atoms in total. The summed E-state index contributed by atoms with van der Waals surface area (Å²) in [7, 11) is -3.81. The molecular weight excluding hydrogens is 284 g/mol. The molecule has 106 valence electrons. The highest BCUT2D eigenvalue weighted by Crippen LogP contribution is 2.22. The summed E-state index contributed by atoms with van der Waals surface area (Å²) in [5, 5.41) is 10.8. The lowest BCUT2D eigenvalue weighted by Gasteiger charge is -2.06. The molecule has 0 fully saturated rings. The van der Waals surface area contributed by atoms with Gasteiger partial charge in [0.1, 0.15) is 0 Å². The van der Waals surface area contributed by atoms with Gasteiger partial charge < -0.3 is 4.98 Å². The van der Waals surface area contributed by atoms with E-state index in [2.05, 4.69) is 14.7 Å². The van der Waals surface area contributed by atoms with Crippen molar-refractivity contribution in [3.05, 3.63) is 52.1 Å². The predicted molar refractivity (Wildman–Crippen MR) is 70.4 cm³/mol. The first-order chi connectivity index (χ1) is 9.40. The quantitative estimate of drug-likeness (QED) is 0.632. The van der Waals surface area contributed by atoms with E-state index in [0.717, 1.165) is 6.07 Å². The summed E-state index contributed by atoms with van der Waals surface area (Å²) in [5.74, 6) is 0. The molecule has 2 aromatic rings. The third-order valence-electron chi connectivity index (χ3n) is 2.70. The van der Waals surface area contributed by atoms with Gasteiger partial charge in [0, 0.05) is 23.5 Å². The molecule has 0 aliphatic carbocycles. The van der Waals surface area contributed by atoms with E-state index in [0.29, 0.717) is 11.3 Å². The topological polar surface area (TPSA) is 118 Å². The van der Waals surface area contributed by atoms with Crippen LogP contribution in [-0.2, 0) is 16.6 Å². The van der Waals surface area contributed by atoms with E-state index in [1.54, 1.807) is 6.92 Å². The SMILES string of the molecule is Cc1ccc(S(=O)(=O)NCc2cnc[nH]2)cc1[N+](=O)[O-]. The normalized spacial score (nSPS) is 11.4. The van der Waals surface area contributed by atoms with Crippen LogP contribution in [0, 0.1) is 17.0 Å². The molecule has 0 bridgehead atoms. The van der Waals surface area contributed by atoms with E-state index >= 15 is 0 Å². The Bertz CT molecular complexity index is 725. The van der Waals surface area contributed by atoms with Crippen molar-refractivity contribution in [1.82, 2.24) is 14.7 Å². The number of benzene rings is 1. The fourth-order valence-electron chi connectivity index (χ4n) is 1.59. The maximum absolute atomic E-state index is 12.0. The maximum atomic E-state index is 12.0. The molecule has 0 aliphatic heterocycles. The summed E-state index contributed by atoms with van der Waals surface area (Å²) in [4.78, 5) is 16.6. The number of hydrogen-bond acceptors (Lipinski definition) is 5. The lowest BCUT2D eigenvalue weighted by atomic mass is 10.2. The summed E-state index contributed by atoms with van der Waals surface area (Å²) in [6.07, 6.45) is 2.92. The second kappa shape index (κ2) is 5.39. The molecule has 1 aromatic carbocycles. The summed E-state index contributed by atoms with van der Waals surface area (Å²) in [6.45, 7) is 1.58. The predicted octanol–water partition coefficient (Wildman–Crippen LogP) is 1.10. The molecule has 20 heavy (non-hydrogen) atoms. The number of rotatable bonds is 5. The Morgan fingerprint density at radius 2 is 2.20 bits per heavy atom. The molecule has 2 rings (SSSR count). The van der Waals surface area contributed by atoms with Gasteiger partial charge in [-0.3, -0.25) is 10.1 Å². The molecular formula is C11H12N4O4S. The number of imidazole rings is 1. The molecule has 9 heteroatoms. The molecule has 0 saturated carbocycles. The third-order valence-corrected chi connectivity index (χ3v) is 4.09. The van der Waals surface area contributed by atoms with Crippen molar-refractivity contribution in [3.63, 3.8) is 0 Å². The molecule has 1 aromatic heterocycles. The minimum Gasteiger partial charge on any atom is -0.347 e. The van der Waals surface area contributed by atoms with E-state index in [1.807, 2.05) is 0 Å². The zero-order valence-corrected chi connectivity index (χ0v) is 11.3. The maximum Gasteiger partial charge on any atom is 0.273 e. The van der Waals surface area contributed by atoms with Gasteiger partial charge in [0.2, 0.25) is 10.0 Å². The molecule has 0 saturated heterocycles. The van der Waals surface area contributed by atoms with Crippen LogP contribution in [0.2, 0.25) is 0 Å². The fraction of sp³-hybridized carbons (Fsp3) is 0.182. The van der Waals surface area contributed by atoms with E-state index < -0.39 is 14.9 Å². The molecule has 0 amide bonds. The molecule has 0 spiro atoms. The molecule has 0 atom stereocenters. The van der Waals surface area contributed by atoms with E-state index in [1.165, 1.54) is 24.7 Å². The van der Waals surface area contributed by atoms with Gasteiger partial charge in [0.05, 0.1) is 22.7 Å². The monoisotopic (exact) mass is 296 g/mol. The summed E-state index contributed by atoms with van der Waals surface area (Å²) >= 11 is 0. The van der Waals surface area contributed by atoms with Gasteiger partial charge >= 0.3 is 0 Å². The number of hydrogen-bond donors (Lipinski definition) is 2. The largest absolute Gasteiger partial charge is 0.347 e. The van der Waals surface area contributed by atoms with Crippen LogP contribution in [0.4, 0.5) is 5.69 Å². The lowest BCUT2D eigenvalue weighted by Crippen LogP contribution is -2.23. The van der Waals surface area contributed by atoms with Crippen molar-refractivity contribution in [2.45, 2.75) is 18.4 Å². The van der Waals surface area contributed by atoms with Crippen LogP contribution in [0.5, 0.6) is 0 Å². The van der Waals surface area contributed by atoms with E-state index in [9.17, 15) is 18.5 Å². The Kier molecular flexibility index (Phi) is 3.81. The van der Waals surface area contributed by atoms with Crippen molar-refractivity contribution in [3.8, 4) is 0 Å². The van der Waals surface area contributed by atoms with Crippen LogP contribution >= 0.6 is 0 Å². The number of sulfonamides is 1. The van der Waals surface area contributed by atoms with Crippen molar-refractivity contribution < 1.29 is 13.3 Å². The second-order valence-corrected chi connectivity index (χ2v) is 5.87. The number of nitro groups is 1. The number of aromatic nitrogens is 2. The van der Waals surface area contributed by atoms with Crippen molar-refractivity contribution >= 4 is 15.7 Å². The van der Waals surface area contributed by atoms with Gasteiger partial charge in [-0.1, -0.05) is 6.07 Å². The Hall–Kier alpha value is -2.26. The third kappa shape index (κ3) is 3.00. The lowest BCUT2D eigenvalue weighted by molar-refractivity contribution is -0.385. The number of H-pyrrole nitrogens is 1. The standard InChI is InChI=1S/C11H12N4O4S/c1-8-2-3-10(4-11(8)15(16)17)20(18,19)14-6-9-5-12-7-13-9/h2-5,7,14H,6H2,1H3,(H,12,13). The number of nitrogens with zero attached hydrogens (tertiary/aromatic N) is 2. The smallest absolute Gasteiger partial charge is 0.273 e. The highest BCUT2D eigenvalue weighted by atomic mass is 32.2. The zero-order chi connectivity index (χ0) is 14.8. The van der Waals surface area contributed by atoms with Crippen LogP contribution in [0.1, 0.15) is 11.3 Å². The van der Waals surface area contributed by atoms with Gasteiger partial charge in [-0.25, -0.2) is 18.1 Å². The van der Waals surface area contributed by atoms with E-state index in [-0.39, 0.29) is 17.1 Å². The minimum absolute atomic E-state index is 0.0318. The molecule has 0 aliphatic rings. The second-order valence-electron chi connectivity index (χ2n) is 4.11. The number of nitro benzene ring substituents is 1. The van der Waals surface area contributed by atoms with Crippen LogP contribution < -0.4 is 4.72 Å². The van der Waals surface area contributed by atoms with Crippen LogP contribution in [0.25, 0.3) is 0 Å². The van der Waals surface area contributed by atoms with Gasteiger partial charge in [-0.05, 0) is 13.0 Å². The average Bonchev–Trinajstić information content (AvgIpc) is 2.89. The summed E-state index contributed by atoms with van der Waals surface area (Å²) < 4.78 is 26.4. The molecule has 0 radical (unpaired) electrons.